The van der Waals surface area contributed by atoms with Crippen LogP contribution < -0.4 is 19.9 Å². The largest absolute Gasteiger partial charge is 0.454 e. The quantitative estimate of drug-likeness (QED) is 0.828. The Labute approximate surface area is 135 Å². The number of pyridine rings is 1. The summed E-state index contributed by atoms with van der Waals surface area (Å²) in [5.41, 5.74) is 6.38. The van der Waals surface area contributed by atoms with E-state index in [1.54, 1.807) is 18.2 Å². The van der Waals surface area contributed by atoms with E-state index in [0.29, 0.717) is 16.0 Å². The third-order valence-electron chi connectivity index (χ3n) is 3.04. The lowest BCUT2D eigenvalue weighted by molar-refractivity contribution is 0.174. The van der Waals surface area contributed by atoms with Gasteiger partial charge in [0.1, 0.15) is 10.7 Å². The van der Waals surface area contributed by atoms with Crippen molar-refractivity contribution in [2.75, 3.05) is 12.5 Å². The molecule has 1 aliphatic heterocycles. The van der Waals surface area contributed by atoms with Gasteiger partial charge in [-0.05, 0) is 39.7 Å². The fraction of sp³-hybridized carbons (Fsp3) is 0.154. The molecule has 0 amide bonds. The average Bonchev–Trinajstić information content (AvgIpc) is 2.95. The van der Waals surface area contributed by atoms with E-state index >= 15 is 0 Å². The van der Waals surface area contributed by atoms with Gasteiger partial charge in [-0.3, -0.25) is 0 Å². The zero-order valence-corrected chi connectivity index (χ0v) is 13.6. The summed E-state index contributed by atoms with van der Waals surface area (Å²) in [4.78, 5) is 3.76. The summed E-state index contributed by atoms with van der Waals surface area (Å²) in [6.07, 6.45) is 1.44. The highest BCUT2D eigenvalue weighted by Gasteiger charge is 2.19. The van der Waals surface area contributed by atoms with Crippen molar-refractivity contribution in [3.05, 3.63) is 40.5 Å². The Hall–Kier alpha value is -1.84. The maximum Gasteiger partial charge on any atom is 0.244 e. The standard InChI is InChI=1S/C13H12BrN3O4S/c14-9-4-12(13(15)16-6-9)22(18,19)17-5-8-1-2-10-11(3-8)21-7-20-10/h1-4,6,17H,5,7H2,(H2,15,16). The second kappa shape index (κ2) is 5.75. The van der Waals surface area contributed by atoms with E-state index in [-0.39, 0.29) is 24.1 Å². The summed E-state index contributed by atoms with van der Waals surface area (Å²) in [6, 6.07) is 6.64. The molecule has 0 radical (unpaired) electrons. The van der Waals surface area contributed by atoms with Crippen LogP contribution in [0.1, 0.15) is 5.56 Å². The maximum atomic E-state index is 12.3. The molecular weight excluding hydrogens is 374 g/mol. The number of sulfonamides is 1. The molecular formula is C13H12BrN3O4S. The van der Waals surface area contributed by atoms with E-state index in [1.807, 2.05) is 0 Å². The van der Waals surface area contributed by atoms with Crippen LogP contribution in [-0.2, 0) is 16.6 Å². The van der Waals surface area contributed by atoms with Gasteiger partial charge >= 0.3 is 0 Å². The van der Waals surface area contributed by atoms with Crippen molar-refractivity contribution in [2.45, 2.75) is 11.4 Å². The number of ether oxygens (including phenoxy) is 2. The minimum absolute atomic E-state index is 0.0543. The monoisotopic (exact) mass is 385 g/mol. The number of anilines is 1. The fourth-order valence-electron chi connectivity index (χ4n) is 1.95. The number of hydrogen-bond acceptors (Lipinski definition) is 6. The topological polar surface area (TPSA) is 104 Å². The lowest BCUT2D eigenvalue weighted by atomic mass is 10.2. The molecule has 1 aliphatic rings. The molecule has 9 heteroatoms. The molecule has 1 aromatic carbocycles. The molecule has 3 rings (SSSR count). The van der Waals surface area contributed by atoms with Crippen molar-refractivity contribution in [2.24, 2.45) is 0 Å². The Morgan fingerprint density at radius 3 is 2.86 bits per heavy atom. The Morgan fingerprint density at radius 1 is 1.27 bits per heavy atom. The normalized spacial score (nSPS) is 13.3. The fourth-order valence-corrected chi connectivity index (χ4v) is 3.56. The van der Waals surface area contributed by atoms with Gasteiger partial charge in [-0.1, -0.05) is 6.07 Å². The number of rotatable bonds is 4. The summed E-state index contributed by atoms with van der Waals surface area (Å²) >= 11 is 3.18. The number of aromatic nitrogens is 1. The van der Waals surface area contributed by atoms with Crippen LogP contribution in [0.4, 0.5) is 5.82 Å². The van der Waals surface area contributed by atoms with Crippen LogP contribution in [0.2, 0.25) is 0 Å². The molecule has 116 valence electrons. The van der Waals surface area contributed by atoms with Crippen LogP contribution in [-0.4, -0.2) is 20.2 Å². The number of fused-ring (bicyclic) bond motifs is 1. The molecule has 2 heterocycles. The molecule has 0 unspecified atom stereocenters. The lowest BCUT2D eigenvalue weighted by Gasteiger charge is -2.09. The first-order valence-electron chi connectivity index (χ1n) is 6.25. The van der Waals surface area contributed by atoms with E-state index < -0.39 is 10.0 Å². The summed E-state index contributed by atoms with van der Waals surface area (Å²) in [6.45, 7) is 0.273. The highest BCUT2D eigenvalue weighted by Crippen LogP contribution is 2.32. The highest BCUT2D eigenvalue weighted by atomic mass is 79.9. The summed E-state index contributed by atoms with van der Waals surface area (Å²) in [7, 11) is -3.77. The van der Waals surface area contributed by atoms with Gasteiger partial charge in [0, 0.05) is 17.2 Å². The van der Waals surface area contributed by atoms with Gasteiger partial charge in [-0.2, -0.15) is 0 Å². The van der Waals surface area contributed by atoms with Crippen molar-refractivity contribution < 1.29 is 17.9 Å². The van der Waals surface area contributed by atoms with Crippen molar-refractivity contribution in [3.63, 3.8) is 0 Å². The number of halogens is 1. The highest BCUT2D eigenvalue weighted by molar-refractivity contribution is 9.10. The van der Waals surface area contributed by atoms with Crippen LogP contribution in [0.3, 0.4) is 0 Å². The Bertz CT molecular complexity index is 826. The number of nitrogen functional groups attached to an aromatic ring is 1. The van der Waals surface area contributed by atoms with Crippen LogP contribution in [0.25, 0.3) is 0 Å². The van der Waals surface area contributed by atoms with Crippen LogP contribution >= 0.6 is 15.9 Å². The molecule has 0 atom stereocenters. The van der Waals surface area contributed by atoms with Crippen molar-refractivity contribution in [3.8, 4) is 11.5 Å². The van der Waals surface area contributed by atoms with Gasteiger partial charge < -0.3 is 15.2 Å². The van der Waals surface area contributed by atoms with Gasteiger partial charge in [0.05, 0.1) is 0 Å². The molecule has 2 aromatic rings. The molecule has 0 saturated carbocycles. The van der Waals surface area contributed by atoms with Gasteiger partial charge in [-0.15, -0.1) is 0 Å². The molecule has 0 saturated heterocycles. The molecule has 0 fully saturated rings. The Kier molecular flexibility index (Phi) is 3.94. The molecule has 1 aromatic heterocycles. The van der Waals surface area contributed by atoms with Crippen LogP contribution in [0, 0.1) is 0 Å². The van der Waals surface area contributed by atoms with E-state index in [0.717, 1.165) is 5.56 Å². The van der Waals surface area contributed by atoms with Gasteiger partial charge in [0.2, 0.25) is 16.8 Å². The second-order valence-electron chi connectivity index (χ2n) is 4.55. The molecule has 0 bridgehead atoms. The SMILES string of the molecule is Nc1ncc(Br)cc1S(=O)(=O)NCc1ccc2c(c1)OCO2. The summed E-state index contributed by atoms with van der Waals surface area (Å²) in [5, 5.41) is 0. The average molecular weight is 386 g/mol. The zero-order chi connectivity index (χ0) is 15.7. The van der Waals surface area contributed by atoms with E-state index in [1.165, 1.54) is 12.3 Å². The molecule has 7 nitrogen and oxygen atoms in total. The molecule has 22 heavy (non-hydrogen) atoms. The third kappa shape index (κ3) is 3.01. The smallest absolute Gasteiger partial charge is 0.244 e. The maximum absolute atomic E-state index is 12.3. The number of hydrogen-bond donors (Lipinski definition) is 2. The molecule has 0 aliphatic carbocycles. The summed E-state index contributed by atoms with van der Waals surface area (Å²) < 4.78 is 38.1. The Morgan fingerprint density at radius 2 is 2.05 bits per heavy atom. The molecule has 0 spiro atoms. The van der Waals surface area contributed by atoms with Crippen LogP contribution in [0.15, 0.2) is 39.8 Å². The molecule has 3 N–H and O–H groups in total. The first-order valence-corrected chi connectivity index (χ1v) is 8.52. The number of nitrogens with one attached hydrogen (secondary N) is 1. The van der Waals surface area contributed by atoms with Gasteiger partial charge in [0.25, 0.3) is 0 Å². The van der Waals surface area contributed by atoms with Crippen LogP contribution in [0.5, 0.6) is 11.5 Å². The van der Waals surface area contributed by atoms with E-state index in [4.69, 9.17) is 15.2 Å². The Balaban J connectivity index is 1.79. The van der Waals surface area contributed by atoms with E-state index in [9.17, 15) is 8.42 Å². The van der Waals surface area contributed by atoms with Crippen molar-refractivity contribution in [1.29, 1.82) is 0 Å². The van der Waals surface area contributed by atoms with Gasteiger partial charge in [0.15, 0.2) is 11.5 Å². The predicted molar refractivity (Wildman–Crippen MR) is 82.9 cm³/mol. The number of nitrogens with two attached hydrogens (primary N) is 1. The second-order valence-corrected chi connectivity index (χ2v) is 7.20. The minimum atomic E-state index is -3.77. The van der Waals surface area contributed by atoms with E-state index in [2.05, 4.69) is 25.6 Å². The van der Waals surface area contributed by atoms with Crippen molar-refractivity contribution >= 4 is 31.8 Å². The minimum Gasteiger partial charge on any atom is -0.454 e. The first kappa shape index (κ1) is 15.1. The van der Waals surface area contributed by atoms with Crippen molar-refractivity contribution in [1.82, 2.24) is 9.71 Å². The predicted octanol–water partition coefficient (Wildman–Crippen LogP) is 1.63. The van der Waals surface area contributed by atoms with Gasteiger partial charge in [-0.25, -0.2) is 18.1 Å². The first-order chi connectivity index (χ1) is 10.5. The zero-order valence-electron chi connectivity index (χ0n) is 11.2. The lowest BCUT2D eigenvalue weighted by Crippen LogP contribution is -2.24. The third-order valence-corrected chi connectivity index (χ3v) is 4.91. The number of nitrogens with zero attached hydrogens (tertiary/aromatic N) is 1. The summed E-state index contributed by atoms with van der Waals surface area (Å²) in [5.74, 6) is 1.19. The number of benzene rings is 1.